The van der Waals surface area contributed by atoms with Crippen LogP contribution in [0, 0.1) is 0 Å². The Morgan fingerprint density at radius 3 is 2.85 bits per heavy atom. The van der Waals surface area contributed by atoms with Crippen LogP contribution in [0.25, 0.3) is 0 Å². The molecule has 1 N–H and O–H groups in total. The van der Waals surface area contributed by atoms with Gasteiger partial charge in [0.1, 0.15) is 5.75 Å². The van der Waals surface area contributed by atoms with Crippen molar-refractivity contribution >= 4 is 5.91 Å². The molecule has 5 heteroatoms. The Hall–Kier alpha value is -1.59. The molecular weight excluding hydrogens is 258 g/mol. The van der Waals surface area contributed by atoms with Gasteiger partial charge in [0.25, 0.3) is 5.91 Å². The van der Waals surface area contributed by atoms with Crippen molar-refractivity contribution < 1.29 is 19.4 Å². The molecule has 3 unspecified atom stereocenters. The van der Waals surface area contributed by atoms with Crippen molar-refractivity contribution in [2.45, 2.75) is 32.1 Å². The summed E-state index contributed by atoms with van der Waals surface area (Å²) in [5.74, 6) is 0.594. The number of rotatable bonds is 4. The minimum absolute atomic E-state index is 0.00729. The Morgan fingerprint density at radius 1 is 1.50 bits per heavy atom. The molecule has 1 aromatic rings. The molecule has 2 rings (SSSR count). The first-order valence-electron chi connectivity index (χ1n) is 6.86. The van der Waals surface area contributed by atoms with Crippen LogP contribution < -0.4 is 4.74 Å². The maximum absolute atomic E-state index is 12.4. The number of aliphatic hydroxyl groups excluding tert-OH is 1. The lowest BCUT2D eigenvalue weighted by molar-refractivity contribution is -0.152. The van der Waals surface area contributed by atoms with Gasteiger partial charge in [-0.25, -0.2) is 0 Å². The van der Waals surface area contributed by atoms with Crippen LogP contribution in [0.1, 0.15) is 13.8 Å². The van der Waals surface area contributed by atoms with Crippen LogP contribution >= 0.6 is 0 Å². The highest BCUT2D eigenvalue weighted by atomic mass is 16.5. The largest absolute Gasteiger partial charge is 0.481 e. The zero-order valence-corrected chi connectivity index (χ0v) is 11.9. The van der Waals surface area contributed by atoms with Gasteiger partial charge in [-0.05, 0) is 26.0 Å². The minimum atomic E-state index is -0.558. The molecule has 1 fully saturated rings. The molecule has 1 aliphatic rings. The van der Waals surface area contributed by atoms with Gasteiger partial charge < -0.3 is 19.5 Å². The first-order chi connectivity index (χ1) is 9.61. The van der Waals surface area contributed by atoms with E-state index in [4.69, 9.17) is 14.6 Å². The molecule has 1 amide bonds. The highest BCUT2D eigenvalue weighted by molar-refractivity contribution is 5.81. The number of amides is 1. The summed E-state index contributed by atoms with van der Waals surface area (Å²) in [6.07, 6.45) is -0.864. The molecule has 5 nitrogen and oxygen atoms in total. The molecular formula is C15H21NO4. The summed E-state index contributed by atoms with van der Waals surface area (Å²) in [4.78, 5) is 14.2. The van der Waals surface area contributed by atoms with Gasteiger partial charge in [0.2, 0.25) is 0 Å². The molecule has 20 heavy (non-hydrogen) atoms. The van der Waals surface area contributed by atoms with Gasteiger partial charge in [-0.3, -0.25) is 4.79 Å². The van der Waals surface area contributed by atoms with Crippen molar-refractivity contribution in [3.05, 3.63) is 30.3 Å². The Bertz CT molecular complexity index is 437. The Morgan fingerprint density at radius 2 is 2.20 bits per heavy atom. The monoisotopic (exact) mass is 279 g/mol. The van der Waals surface area contributed by atoms with E-state index in [9.17, 15) is 4.79 Å². The van der Waals surface area contributed by atoms with Crippen LogP contribution in [0.15, 0.2) is 30.3 Å². The summed E-state index contributed by atoms with van der Waals surface area (Å²) in [6, 6.07) is 9.27. The van der Waals surface area contributed by atoms with E-state index in [1.165, 1.54) is 0 Å². The first kappa shape index (κ1) is 14.8. The highest BCUT2D eigenvalue weighted by Crippen LogP contribution is 2.16. The summed E-state index contributed by atoms with van der Waals surface area (Å²) in [6.45, 7) is 4.44. The van der Waals surface area contributed by atoms with Crippen molar-refractivity contribution in [1.82, 2.24) is 4.90 Å². The number of para-hydroxylation sites is 1. The number of nitrogens with zero attached hydrogens (tertiary/aromatic N) is 1. The SMILES string of the molecule is CC(Oc1ccccc1)C(=O)N1CC(CO)OCC1C. The van der Waals surface area contributed by atoms with E-state index >= 15 is 0 Å². The quantitative estimate of drug-likeness (QED) is 0.895. The van der Waals surface area contributed by atoms with E-state index in [0.29, 0.717) is 18.9 Å². The predicted molar refractivity (Wildman–Crippen MR) is 74.5 cm³/mol. The number of morpholine rings is 1. The fraction of sp³-hybridized carbons (Fsp3) is 0.533. The smallest absolute Gasteiger partial charge is 0.263 e. The van der Waals surface area contributed by atoms with E-state index in [2.05, 4.69) is 0 Å². The third-order valence-corrected chi connectivity index (χ3v) is 3.40. The molecule has 3 atom stereocenters. The summed E-state index contributed by atoms with van der Waals surface area (Å²) < 4.78 is 11.1. The molecule has 1 aromatic carbocycles. The number of benzene rings is 1. The minimum Gasteiger partial charge on any atom is -0.481 e. The molecule has 0 radical (unpaired) electrons. The van der Waals surface area contributed by atoms with Crippen molar-refractivity contribution in [2.24, 2.45) is 0 Å². The summed E-state index contributed by atoms with van der Waals surface area (Å²) in [5.41, 5.74) is 0. The number of carbonyl (C=O) groups excluding carboxylic acids is 1. The first-order valence-corrected chi connectivity index (χ1v) is 6.86. The van der Waals surface area contributed by atoms with E-state index in [-0.39, 0.29) is 24.7 Å². The van der Waals surface area contributed by atoms with Crippen molar-refractivity contribution in [3.63, 3.8) is 0 Å². The van der Waals surface area contributed by atoms with Gasteiger partial charge in [0, 0.05) is 6.54 Å². The predicted octanol–water partition coefficient (Wildman–Crippen LogP) is 1.06. The fourth-order valence-electron chi connectivity index (χ4n) is 2.22. The molecule has 1 aliphatic heterocycles. The van der Waals surface area contributed by atoms with Crippen LogP contribution in [-0.4, -0.2) is 53.9 Å². The second-order valence-electron chi connectivity index (χ2n) is 5.05. The Balaban J connectivity index is 1.98. The third-order valence-electron chi connectivity index (χ3n) is 3.40. The summed E-state index contributed by atoms with van der Waals surface area (Å²) >= 11 is 0. The highest BCUT2D eigenvalue weighted by Gasteiger charge is 2.32. The molecule has 1 saturated heterocycles. The zero-order chi connectivity index (χ0) is 14.5. The van der Waals surface area contributed by atoms with Crippen LogP contribution in [0.3, 0.4) is 0 Å². The van der Waals surface area contributed by atoms with Gasteiger partial charge in [-0.1, -0.05) is 18.2 Å². The fourth-order valence-corrected chi connectivity index (χ4v) is 2.22. The number of carbonyl (C=O) groups is 1. The molecule has 0 aromatic heterocycles. The number of hydrogen-bond acceptors (Lipinski definition) is 4. The topological polar surface area (TPSA) is 59.0 Å². The lowest BCUT2D eigenvalue weighted by atomic mass is 10.1. The van der Waals surface area contributed by atoms with Crippen LogP contribution in [0.4, 0.5) is 0 Å². The van der Waals surface area contributed by atoms with E-state index in [0.717, 1.165) is 0 Å². The van der Waals surface area contributed by atoms with Crippen LogP contribution in [-0.2, 0) is 9.53 Å². The molecule has 0 spiro atoms. The standard InChI is InChI=1S/C15H21NO4/c1-11-10-19-14(9-17)8-16(11)15(18)12(2)20-13-6-4-3-5-7-13/h3-7,11-12,14,17H,8-10H2,1-2H3. The average molecular weight is 279 g/mol. The number of hydrogen-bond donors (Lipinski definition) is 1. The molecule has 0 saturated carbocycles. The molecule has 0 aliphatic carbocycles. The van der Waals surface area contributed by atoms with Gasteiger partial charge in [0.15, 0.2) is 6.10 Å². The average Bonchev–Trinajstić information content (AvgIpc) is 2.48. The summed E-state index contributed by atoms with van der Waals surface area (Å²) in [5, 5.41) is 9.16. The van der Waals surface area contributed by atoms with Crippen LogP contribution in [0.5, 0.6) is 5.75 Å². The molecule has 1 heterocycles. The molecule has 110 valence electrons. The van der Waals surface area contributed by atoms with Crippen molar-refractivity contribution in [3.8, 4) is 5.75 Å². The van der Waals surface area contributed by atoms with Crippen molar-refractivity contribution in [2.75, 3.05) is 19.8 Å². The maximum Gasteiger partial charge on any atom is 0.263 e. The Labute approximate surface area is 119 Å². The maximum atomic E-state index is 12.4. The van der Waals surface area contributed by atoms with E-state index in [1.807, 2.05) is 37.3 Å². The van der Waals surface area contributed by atoms with Gasteiger partial charge in [-0.2, -0.15) is 0 Å². The van der Waals surface area contributed by atoms with Gasteiger partial charge in [0.05, 0.1) is 25.4 Å². The number of ether oxygens (including phenoxy) is 2. The lowest BCUT2D eigenvalue weighted by Crippen LogP contribution is -2.55. The van der Waals surface area contributed by atoms with Gasteiger partial charge >= 0.3 is 0 Å². The van der Waals surface area contributed by atoms with E-state index in [1.54, 1.807) is 11.8 Å². The zero-order valence-electron chi connectivity index (χ0n) is 11.9. The van der Waals surface area contributed by atoms with Crippen LogP contribution in [0.2, 0.25) is 0 Å². The second-order valence-corrected chi connectivity index (χ2v) is 5.05. The molecule has 0 bridgehead atoms. The van der Waals surface area contributed by atoms with Gasteiger partial charge in [-0.15, -0.1) is 0 Å². The second kappa shape index (κ2) is 6.72. The Kier molecular flexibility index (Phi) is 4.98. The van der Waals surface area contributed by atoms with E-state index < -0.39 is 6.10 Å². The third kappa shape index (κ3) is 3.49. The lowest BCUT2D eigenvalue weighted by Gasteiger charge is -2.38. The van der Waals surface area contributed by atoms with Crippen molar-refractivity contribution in [1.29, 1.82) is 0 Å². The summed E-state index contributed by atoms with van der Waals surface area (Å²) in [7, 11) is 0. The number of aliphatic hydroxyl groups is 1. The normalized spacial score (nSPS) is 24.2.